The van der Waals surface area contributed by atoms with E-state index in [2.05, 4.69) is 67.2 Å². The number of hydrogen-bond acceptors (Lipinski definition) is 12. The summed E-state index contributed by atoms with van der Waals surface area (Å²) in [6, 6.07) is -9.15. The van der Waals surface area contributed by atoms with Crippen molar-refractivity contribution in [3.63, 3.8) is 0 Å². The number of nitrogens with one attached hydrogen (secondary N) is 8. The van der Waals surface area contributed by atoms with Gasteiger partial charge in [0.15, 0.2) is 23.8 Å². The van der Waals surface area contributed by atoms with Crippen LogP contribution in [0.4, 0.5) is 0 Å². The number of hydrogen-bond donors (Lipinski definition) is 16. The number of rotatable bonds is 21. The minimum Gasteiger partial charge on any atom is -0.370 e. The maximum atomic E-state index is 14.4. The number of aliphatic imine (C=N–C) groups is 4. The van der Waals surface area contributed by atoms with Crippen molar-refractivity contribution in [1.82, 2.24) is 47.2 Å². The van der Waals surface area contributed by atoms with Gasteiger partial charge in [-0.15, -0.1) is 0 Å². The second-order valence-electron chi connectivity index (χ2n) is 17.3. The Morgan fingerprint density at radius 3 is 1.12 bits per heavy atom. The van der Waals surface area contributed by atoms with E-state index in [0.29, 0.717) is 5.69 Å². The van der Waals surface area contributed by atoms with Crippen LogP contribution in [0.1, 0.15) is 91.2 Å². The van der Waals surface area contributed by atoms with E-state index < -0.39 is 89.6 Å². The molecule has 7 atom stereocenters. The molecule has 1 saturated heterocycles. The number of guanidine groups is 4. The number of aromatic amines is 1. The average molecular weight is 974 g/mol. The van der Waals surface area contributed by atoms with Crippen molar-refractivity contribution in [3.05, 3.63) is 18.2 Å². The molecule has 28 nitrogen and oxygen atoms in total. The summed E-state index contributed by atoms with van der Waals surface area (Å²) in [5.41, 5.74) is 44.7. The third-order valence-corrected chi connectivity index (χ3v) is 10.5. The van der Waals surface area contributed by atoms with Crippen LogP contribution in [0.5, 0.6) is 0 Å². The lowest BCUT2D eigenvalue weighted by Gasteiger charge is -2.29. The zero-order chi connectivity index (χ0) is 51.6. The highest BCUT2D eigenvalue weighted by atomic mass is 16.2. The molecular formula is C41H75N21O7. The molecule has 0 spiro atoms. The topological polar surface area (TPSA) is 490 Å². The largest absolute Gasteiger partial charge is 0.370 e. The molecule has 0 aromatic carbocycles. The molecule has 1 aliphatic heterocycles. The molecule has 0 saturated carbocycles. The summed E-state index contributed by atoms with van der Waals surface area (Å²) in [5, 5.41) is 19.1. The number of imidazole rings is 1. The molecule has 1 aliphatic rings. The number of nitrogens with zero attached hydrogens (tertiary/aromatic N) is 5. The van der Waals surface area contributed by atoms with Crippen LogP contribution >= 0.6 is 0 Å². The quantitative estimate of drug-likeness (QED) is 0.0310. The van der Waals surface area contributed by atoms with Crippen molar-refractivity contribution < 1.29 is 33.6 Å². The number of H-pyrrole nitrogens is 1. The zero-order valence-electron chi connectivity index (χ0n) is 40.0. The molecule has 0 radical (unpaired) electrons. The van der Waals surface area contributed by atoms with Crippen LogP contribution in [0.25, 0.3) is 0 Å². The summed E-state index contributed by atoms with van der Waals surface area (Å²) in [7, 11) is 0. The molecule has 0 aliphatic carbocycles. The summed E-state index contributed by atoms with van der Waals surface area (Å²) < 4.78 is 0. The van der Waals surface area contributed by atoms with Crippen LogP contribution in [0, 0.1) is 11.8 Å². The highest BCUT2D eigenvalue weighted by Crippen LogP contribution is 2.13. The first kappa shape index (κ1) is 57.7. The van der Waals surface area contributed by atoms with E-state index in [1.54, 1.807) is 13.8 Å². The van der Waals surface area contributed by atoms with Gasteiger partial charge in [0.1, 0.15) is 42.3 Å². The van der Waals surface area contributed by atoms with Gasteiger partial charge in [0.05, 0.1) is 6.33 Å². The Balaban J connectivity index is 2.85. The Bertz CT molecular complexity index is 1960. The Labute approximate surface area is 401 Å². The normalized spacial score (nSPS) is 22.3. The van der Waals surface area contributed by atoms with E-state index in [0.717, 1.165) is 0 Å². The number of carbonyl (C=O) groups is 7. The fraction of sp³-hybridized carbons (Fsp3) is 0.659. The van der Waals surface area contributed by atoms with Gasteiger partial charge in [0.2, 0.25) is 41.4 Å². The Hall–Kier alpha value is -7.42. The molecule has 2 heterocycles. The molecule has 0 unspecified atom stereocenters. The lowest BCUT2D eigenvalue weighted by molar-refractivity contribution is -0.136. The summed E-state index contributed by atoms with van der Waals surface area (Å²) in [5.74, 6) is -6.96. The highest BCUT2D eigenvalue weighted by molar-refractivity contribution is 5.98. The fourth-order valence-corrected chi connectivity index (χ4v) is 7.03. The van der Waals surface area contributed by atoms with Gasteiger partial charge in [0.25, 0.3) is 0 Å². The van der Waals surface area contributed by atoms with E-state index in [-0.39, 0.29) is 120 Å². The second-order valence-corrected chi connectivity index (χ2v) is 17.3. The SMILES string of the molecule is CC(C)C[C@@H]1NC(=O)[C@H](C(C)C)NC(=O)[C@@H](CCCN=C(N)N)NC(=O)[C@@H](CCCN=C(N)N)NC(=O)[C@H](Cc2cnc[nH]2)NC(=O)[C@@H](CCCN=C(N)N)NC(=O)[C@@H](CCCN=C(N)N)NC1=O. The third kappa shape index (κ3) is 22.8. The van der Waals surface area contributed by atoms with E-state index in [1.807, 2.05) is 13.8 Å². The monoisotopic (exact) mass is 974 g/mol. The van der Waals surface area contributed by atoms with Gasteiger partial charge in [0, 0.05) is 44.5 Å². The molecule has 2 rings (SSSR count). The Morgan fingerprint density at radius 2 is 0.797 bits per heavy atom. The highest BCUT2D eigenvalue weighted by Gasteiger charge is 2.36. The standard InChI is InChI=1S/C41H75N21O7/c1-21(2)17-28-35(67)58-24(9-5-13-51-38(42)43)31(63)56-26(11-7-15-53-40(46)47)33(65)60-29(18-23-19-50-20-55-23)36(68)59-25(10-6-14-52-39(44)45)32(64)57-27(12-8-16-54-41(48)49)34(66)62-30(22(3)4)37(69)61-28/h19-22,24-30H,5-18H2,1-4H3,(H,50,55)(H,56,63)(H,57,64)(H,58,67)(H,59,68)(H,60,65)(H,61,69)(H,62,66)(H4,42,43,51)(H4,44,45,52)(H4,46,47,53)(H4,48,49,54)/t24-,25-,26-,27-,28+,29+,30+/m1/s1. The first-order chi connectivity index (χ1) is 32.6. The minimum absolute atomic E-state index is 0.0231. The van der Waals surface area contributed by atoms with E-state index in [1.165, 1.54) is 12.5 Å². The molecule has 69 heavy (non-hydrogen) atoms. The van der Waals surface area contributed by atoms with Crippen molar-refractivity contribution in [2.45, 2.75) is 134 Å². The molecule has 24 N–H and O–H groups in total. The Kier molecular flexibility index (Phi) is 25.1. The predicted molar refractivity (Wildman–Crippen MR) is 260 cm³/mol. The van der Waals surface area contributed by atoms with Gasteiger partial charge in [-0.25, -0.2) is 4.98 Å². The number of aromatic nitrogens is 2. The minimum atomic E-state index is -1.40. The predicted octanol–water partition coefficient (Wildman–Crippen LogP) is -5.72. The van der Waals surface area contributed by atoms with Gasteiger partial charge >= 0.3 is 0 Å². The fourth-order valence-electron chi connectivity index (χ4n) is 7.03. The van der Waals surface area contributed by atoms with Crippen molar-refractivity contribution >= 4 is 65.2 Å². The van der Waals surface area contributed by atoms with Crippen LogP contribution < -0.4 is 83.1 Å². The van der Waals surface area contributed by atoms with Crippen molar-refractivity contribution in [3.8, 4) is 0 Å². The smallest absolute Gasteiger partial charge is 0.243 e. The van der Waals surface area contributed by atoms with Gasteiger partial charge in [-0.05, 0) is 69.6 Å². The number of nitrogens with two attached hydrogens (primary N) is 8. The molecule has 0 bridgehead atoms. The maximum Gasteiger partial charge on any atom is 0.243 e. The summed E-state index contributed by atoms with van der Waals surface area (Å²) in [6.45, 7) is 7.31. The zero-order valence-corrected chi connectivity index (χ0v) is 40.0. The van der Waals surface area contributed by atoms with Crippen molar-refractivity contribution in [2.24, 2.45) is 77.7 Å². The van der Waals surface area contributed by atoms with Gasteiger partial charge in [-0.1, -0.05) is 27.7 Å². The lowest BCUT2D eigenvalue weighted by Crippen LogP contribution is -2.60. The maximum absolute atomic E-state index is 14.4. The van der Waals surface area contributed by atoms with Crippen LogP contribution in [0.15, 0.2) is 32.5 Å². The van der Waals surface area contributed by atoms with E-state index >= 15 is 0 Å². The Morgan fingerprint density at radius 1 is 0.478 bits per heavy atom. The van der Waals surface area contributed by atoms with Gasteiger partial charge in [-0.3, -0.25) is 53.5 Å². The van der Waals surface area contributed by atoms with E-state index in [4.69, 9.17) is 45.9 Å². The first-order valence-corrected chi connectivity index (χ1v) is 22.9. The number of amides is 7. The second kappa shape index (κ2) is 30.1. The molecule has 1 aromatic heterocycles. The number of carbonyl (C=O) groups excluding carboxylic acids is 7. The van der Waals surface area contributed by atoms with Gasteiger partial charge < -0.3 is 88.1 Å². The van der Waals surface area contributed by atoms with Crippen molar-refractivity contribution in [2.75, 3.05) is 26.2 Å². The van der Waals surface area contributed by atoms with Crippen LogP contribution in [-0.4, -0.2) is 144 Å². The first-order valence-electron chi connectivity index (χ1n) is 22.9. The van der Waals surface area contributed by atoms with Crippen LogP contribution in [0.3, 0.4) is 0 Å². The molecule has 1 aromatic rings. The third-order valence-electron chi connectivity index (χ3n) is 10.5. The molecule has 1 fully saturated rings. The van der Waals surface area contributed by atoms with Crippen LogP contribution in [0.2, 0.25) is 0 Å². The van der Waals surface area contributed by atoms with Gasteiger partial charge in [-0.2, -0.15) is 0 Å². The molecular weight excluding hydrogens is 899 g/mol. The molecule has 386 valence electrons. The molecule has 7 amide bonds. The summed E-state index contributed by atoms with van der Waals surface area (Å²) >= 11 is 0. The summed E-state index contributed by atoms with van der Waals surface area (Å²) in [6.07, 6.45) is 3.34. The summed E-state index contributed by atoms with van der Waals surface area (Å²) in [4.78, 5) is 123. The van der Waals surface area contributed by atoms with E-state index in [9.17, 15) is 33.6 Å². The lowest BCUT2D eigenvalue weighted by atomic mass is 9.98. The molecule has 28 heteroatoms. The average Bonchev–Trinajstić information content (AvgIpc) is 3.78. The van der Waals surface area contributed by atoms with Crippen LogP contribution in [-0.2, 0) is 40.0 Å². The van der Waals surface area contributed by atoms with Crippen molar-refractivity contribution in [1.29, 1.82) is 0 Å².